The Morgan fingerprint density at radius 3 is 2.45 bits per heavy atom. The van der Waals surface area contributed by atoms with Gasteiger partial charge in [-0.05, 0) is 51.9 Å². The summed E-state index contributed by atoms with van der Waals surface area (Å²) in [5, 5.41) is 6.28. The van der Waals surface area contributed by atoms with Crippen molar-refractivity contribution in [1.29, 1.82) is 0 Å². The number of ether oxygens (including phenoxy) is 1. The van der Waals surface area contributed by atoms with E-state index in [2.05, 4.69) is 65.2 Å². The van der Waals surface area contributed by atoms with E-state index in [0.717, 1.165) is 25.1 Å². The number of nitrogens with one attached hydrogen (secondary N) is 2. The maximum absolute atomic E-state index is 12.3. The van der Waals surface area contributed by atoms with Crippen LogP contribution in [0.4, 0.5) is 4.79 Å². The molecule has 1 aliphatic carbocycles. The minimum absolute atomic E-state index is 0.0874. The van der Waals surface area contributed by atoms with Crippen LogP contribution in [0.5, 0.6) is 0 Å². The van der Waals surface area contributed by atoms with Crippen LogP contribution in [0.1, 0.15) is 33.7 Å². The fraction of sp³-hybridized carbons (Fsp3) is 0.240. The molecule has 4 nitrogen and oxygen atoms in total. The molecule has 0 aromatic heterocycles. The van der Waals surface area contributed by atoms with Crippen molar-refractivity contribution in [2.75, 3.05) is 13.2 Å². The highest BCUT2D eigenvalue weighted by atomic mass is 16.5. The highest BCUT2D eigenvalue weighted by molar-refractivity contribution is 5.79. The Hall–Kier alpha value is -3.11. The predicted molar refractivity (Wildman–Crippen MR) is 114 cm³/mol. The smallest absolute Gasteiger partial charge is 0.407 e. The van der Waals surface area contributed by atoms with E-state index in [9.17, 15) is 4.79 Å². The van der Waals surface area contributed by atoms with Crippen LogP contribution in [0.2, 0.25) is 0 Å². The molecule has 0 bridgehead atoms. The van der Waals surface area contributed by atoms with Gasteiger partial charge in [0.25, 0.3) is 0 Å². The molecule has 5 rings (SSSR count). The Balaban J connectivity index is 1.22. The van der Waals surface area contributed by atoms with Gasteiger partial charge < -0.3 is 15.4 Å². The molecule has 0 unspecified atom stereocenters. The molecule has 0 atom stereocenters. The van der Waals surface area contributed by atoms with Crippen LogP contribution in [0.25, 0.3) is 11.1 Å². The first-order chi connectivity index (χ1) is 14.3. The lowest BCUT2D eigenvalue weighted by Gasteiger charge is -2.18. The number of carbonyl (C=O) groups is 1. The number of fused-ring (bicyclic) bond motifs is 4. The van der Waals surface area contributed by atoms with Crippen molar-refractivity contribution in [3.8, 4) is 11.1 Å². The molecule has 1 aliphatic heterocycles. The van der Waals surface area contributed by atoms with Gasteiger partial charge in [-0.2, -0.15) is 0 Å². The average Bonchev–Trinajstić information content (AvgIpc) is 3.10. The molecule has 0 saturated carbocycles. The van der Waals surface area contributed by atoms with E-state index in [0.29, 0.717) is 13.2 Å². The third-order valence-corrected chi connectivity index (χ3v) is 5.94. The fourth-order valence-electron chi connectivity index (χ4n) is 4.46. The van der Waals surface area contributed by atoms with Crippen LogP contribution in [-0.4, -0.2) is 19.2 Å². The van der Waals surface area contributed by atoms with E-state index in [4.69, 9.17) is 4.74 Å². The lowest BCUT2D eigenvalue weighted by atomic mass is 9.98. The number of hydrogen-bond acceptors (Lipinski definition) is 3. The van der Waals surface area contributed by atoms with E-state index in [-0.39, 0.29) is 12.0 Å². The van der Waals surface area contributed by atoms with E-state index in [1.54, 1.807) is 0 Å². The minimum atomic E-state index is -0.369. The number of carbonyl (C=O) groups excluding carboxylic acids is 1. The van der Waals surface area contributed by atoms with Crippen molar-refractivity contribution < 1.29 is 9.53 Å². The maximum atomic E-state index is 12.3. The summed E-state index contributed by atoms with van der Waals surface area (Å²) in [4.78, 5) is 12.3. The Morgan fingerprint density at radius 2 is 1.69 bits per heavy atom. The van der Waals surface area contributed by atoms with Crippen LogP contribution >= 0.6 is 0 Å². The summed E-state index contributed by atoms with van der Waals surface area (Å²) in [7, 11) is 0. The van der Waals surface area contributed by atoms with Gasteiger partial charge in [-0.1, -0.05) is 66.7 Å². The number of benzene rings is 3. The highest BCUT2D eigenvalue weighted by Crippen LogP contribution is 2.44. The number of rotatable bonds is 4. The summed E-state index contributed by atoms with van der Waals surface area (Å²) < 4.78 is 5.61. The number of amides is 1. The summed E-state index contributed by atoms with van der Waals surface area (Å²) in [6, 6.07) is 23.2. The molecule has 1 heterocycles. The van der Waals surface area contributed by atoms with Crippen molar-refractivity contribution in [3.63, 3.8) is 0 Å². The quantitative estimate of drug-likeness (QED) is 0.702. The number of hydrogen-bond donors (Lipinski definition) is 2. The Morgan fingerprint density at radius 1 is 0.966 bits per heavy atom. The lowest BCUT2D eigenvalue weighted by molar-refractivity contribution is 0.142. The summed E-state index contributed by atoms with van der Waals surface area (Å²) in [6.45, 7) is 2.76. The molecule has 146 valence electrons. The van der Waals surface area contributed by atoms with Crippen molar-refractivity contribution in [3.05, 3.63) is 94.5 Å². The van der Waals surface area contributed by atoms with Gasteiger partial charge in [0.05, 0.1) is 0 Å². The van der Waals surface area contributed by atoms with Gasteiger partial charge in [-0.15, -0.1) is 0 Å². The summed E-state index contributed by atoms with van der Waals surface area (Å²) >= 11 is 0. The van der Waals surface area contributed by atoms with Gasteiger partial charge >= 0.3 is 6.09 Å². The maximum Gasteiger partial charge on any atom is 0.407 e. The monoisotopic (exact) mass is 384 g/mol. The highest BCUT2D eigenvalue weighted by Gasteiger charge is 2.28. The van der Waals surface area contributed by atoms with Gasteiger partial charge in [0.1, 0.15) is 6.61 Å². The predicted octanol–water partition coefficient (Wildman–Crippen LogP) is 4.37. The SMILES string of the molecule is O=C(NCc1ccc2c(c1)CCNC2)OCC1c2ccccc2-c2ccccc21. The van der Waals surface area contributed by atoms with E-state index in [1.807, 2.05) is 12.1 Å². The largest absolute Gasteiger partial charge is 0.449 e. The molecule has 1 amide bonds. The van der Waals surface area contributed by atoms with E-state index in [1.165, 1.54) is 33.4 Å². The summed E-state index contributed by atoms with van der Waals surface area (Å²) in [6.07, 6.45) is 0.667. The molecule has 2 N–H and O–H groups in total. The Labute approximate surface area is 170 Å². The molecule has 2 aliphatic rings. The average molecular weight is 384 g/mol. The first-order valence-corrected chi connectivity index (χ1v) is 10.2. The summed E-state index contributed by atoms with van der Waals surface area (Å²) in [5.41, 5.74) is 8.76. The third-order valence-electron chi connectivity index (χ3n) is 5.94. The van der Waals surface area contributed by atoms with Crippen molar-refractivity contribution in [1.82, 2.24) is 10.6 Å². The molecule has 0 fully saturated rings. The van der Waals surface area contributed by atoms with Gasteiger partial charge in [-0.25, -0.2) is 4.79 Å². The lowest BCUT2D eigenvalue weighted by Crippen LogP contribution is -2.26. The first kappa shape index (κ1) is 18.0. The zero-order valence-corrected chi connectivity index (χ0v) is 16.3. The molecule has 3 aromatic rings. The third kappa shape index (κ3) is 3.52. The first-order valence-electron chi connectivity index (χ1n) is 10.2. The van der Waals surface area contributed by atoms with Crippen molar-refractivity contribution >= 4 is 6.09 Å². The molecule has 0 radical (unpaired) electrons. The van der Waals surface area contributed by atoms with Crippen molar-refractivity contribution in [2.45, 2.75) is 25.4 Å². The van der Waals surface area contributed by atoms with Crippen molar-refractivity contribution in [2.24, 2.45) is 0 Å². The second-order valence-electron chi connectivity index (χ2n) is 7.71. The fourth-order valence-corrected chi connectivity index (χ4v) is 4.46. The molecule has 29 heavy (non-hydrogen) atoms. The molecule has 0 saturated heterocycles. The molecule has 0 spiro atoms. The van der Waals surface area contributed by atoms with Gasteiger partial charge in [0, 0.05) is 19.0 Å². The molecule has 3 aromatic carbocycles. The second-order valence-corrected chi connectivity index (χ2v) is 7.71. The van der Waals surface area contributed by atoms with Crippen LogP contribution < -0.4 is 10.6 Å². The minimum Gasteiger partial charge on any atom is -0.449 e. The standard InChI is InChI=1S/C25H24N2O2/c28-25(27-14-17-9-10-19-15-26-12-11-18(19)13-17)29-16-24-22-7-3-1-5-20(22)21-6-2-4-8-23(21)24/h1-10,13,24,26H,11-12,14-16H2,(H,27,28). The second kappa shape index (κ2) is 7.72. The summed E-state index contributed by atoms with van der Waals surface area (Å²) in [5.74, 6) is 0.0874. The normalized spacial score (nSPS) is 14.6. The van der Waals surface area contributed by atoms with E-state index >= 15 is 0 Å². The topological polar surface area (TPSA) is 50.4 Å². The zero-order valence-electron chi connectivity index (χ0n) is 16.3. The van der Waals surface area contributed by atoms with Crippen LogP contribution in [-0.2, 0) is 24.2 Å². The van der Waals surface area contributed by atoms with Gasteiger partial charge in [0.15, 0.2) is 0 Å². The van der Waals surface area contributed by atoms with Crippen LogP contribution in [0, 0.1) is 0 Å². The molecular weight excluding hydrogens is 360 g/mol. The molecular formula is C25H24N2O2. The molecule has 4 heteroatoms. The Bertz CT molecular complexity index is 1010. The Kier molecular flexibility index (Phi) is 4.78. The number of alkyl carbamates (subject to hydrolysis) is 1. The van der Waals surface area contributed by atoms with Gasteiger partial charge in [0.2, 0.25) is 0 Å². The van der Waals surface area contributed by atoms with E-state index < -0.39 is 0 Å². The van der Waals surface area contributed by atoms with Crippen LogP contribution in [0.15, 0.2) is 66.7 Å². The van der Waals surface area contributed by atoms with Gasteiger partial charge in [-0.3, -0.25) is 0 Å². The van der Waals surface area contributed by atoms with Crippen LogP contribution in [0.3, 0.4) is 0 Å². The zero-order chi connectivity index (χ0) is 19.6.